The van der Waals surface area contributed by atoms with E-state index < -0.39 is 7.21 Å². The Balaban J connectivity index is 2.36. The van der Waals surface area contributed by atoms with Crippen LogP contribution in [0, 0.1) is 10.1 Å². The van der Waals surface area contributed by atoms with Crippen molar-refractivity contribution < 1.29 is 9.66 Å². The van der Waals surface area contributed by atoms with E-state index in [-0.39, 0.29) is 15.8 Å². The van der Waals surface area contributed by atoms with Crippen LogP contribution >= 0.6 is 7.21 Å². The van der Waals surface area contributed by atoms with Crippen LogP contribution < -0.4 is 10.0 Å². The van der Waals surface area contributed by atoms with E-state index in [0.717, 1.165) is 31.2 Å². The quantitative estimate of drug-likeness (QED) is 0.343. The number of ether oxygens (including phenoxy) is 1. The van der Waals surface area contributed by atoms with Crippen LogP contribution in [0.15, 0.2) is 47.5 Å². The zero-order valence-electron chi connectivity index (χ0n) is 18.2. The Labute approximate surface area is 178 Å². The first kappa shape index (κ1) is 22.4. The molecule has 0 bridgehead atoms. The molecule has 1 aliphatic rings. The molecule has 1 fully saturated rings. The van der Waals surface area contributed by atoms with Crippen molar-refractivity contribution in [3.63, 3.8) is 0 Å². The molecule has 2 aromatic rings. The minimum Gasteiger partial charge on any atom is -0.494 e. The van der Waals surface area contributed by atoms with Gasteiger partial charge in [-0.2, -0.15) is 0 Å². The molecule has 7 nitrogen and oxygen atoms in total. The molecule has 1 aromatic carbocycles. The third-order valence-corrected chi connectivity index (χ3v) is 10.2. The largest absolute Gasteiger partial charge is 0.494 e. The van der Waals surface area contributed by atoms with Gasteiger partial charge >= 0.3 is 0 Å². The van der Waals surface area contributed by atoms with Crippen LogP contribution in [0.25, 0.3) is 0 Å². The average Bonchev–Trinajstić information content (AvgIpc) is 3.01. The number of pyridine rings is 1. The lowest BCUT2D eigenvalue weighted by atomic mass is 10.2. The van der Waals surface area contributed by atoms with Crippen molar-refractivity contribution in [3.8, 4) is 5.75 Å². The highest BCUT2D eigenvalue weighted by Gasteiger charge is 2.41. The molecule has 1 aliphatic heterocycles. The number of nitrogens with zero attached hydrogens (tertiary/aromatic N) is 4. The fourth-order valence-corrected chi connectivity index (χ4v) is 8.54. The number of hydrogen-bond donors (Lipinski definition) is 0. The zero-order valence-corrected chi connectivity index (χ0v) is 19.1. The molecule has 1 aromatic heterocycles. The normalized spacial score (nSPS) is 17.6. The average molecular weight is 430 g/mol. The van der Waals surface area contributed by atoms with Gasteiger partial charge in [-0.25, -0.2) is 4.74 Å². The van der Waals surface area contributed by atoms with Gasteiger partial charge in [0.2, 0.25) is 0 Å². The molecule has 0 N–H and O–H groups in total. The second-order valence-electron chi connectivity index (χ2n) is 8.56. The number of aromatic nitrogens is 1. The van der Waals surface area contributed by atoms with Crippen molar-refractivity contribution in [1.29, 1.82) is 0 Å². The van der Waals surface area contributed by atoms with Gasteiger partial charge in [0.15, 0.2) is 0 Å². The molecule has 0 aliphatic carbocycles. The SMILES string of the molecule is COc1ccc([N+](=O)[O-])cc1N=[P@](c1ccncc1)(N1CCCCCC1)C(C)(C)C. The van der Waals surface area contributed by atoms with Crippen LogP contribution in [0.2, 0.25) is 0 Å². The minimum absolute atomic E-state index is 0.0205. The highest BCUT2D eigenvalue weighted by molar-refractivity contribution is 7.73. The van der Waals surface area contributed by atoms with Crippen LogP contribution in [-0.2, 0) is 0 Å². The summed E-state index contributed by atoms with van der Waals surface area (Å²) < 4.78 is 13.5. The predicted molar refractivity (Wildman–Crippen MR) is 122 cm³/mol. The summed E-state index contributed by atoms with van der Waals surface area (Å²) in [6, 6.07) is 8.75. The second kappa shape index (κ2) is 9.27. The maximum Gasteiger partial charge on any atom is 0.271 e. The lowest BCUT2D eigenvalue weighted by molar-refractivity contribution is -0.384. The fourth-order valence-electron chi connectivity index (χ4n) is 4.17. The van der Waals surface area contributed by atoms with Gasteiger partial charge in [-0.15, -0.1) is 0 Å². The summed E-state index contributed by atoms with van der Waals surface area (Å²) in [7, 11) is -0.753. The highest BCUT2D eigenvalue weighted by atomic mass is 31.2. The number of nitro groups is 1. The summed E-state index contributed by atoms with van der Waals surface area (Å²) in [4.78, 5) is 15.3. The van der Waals surface area contributed by atoms with Gasteiger partial charge in [-0.3, -0.25) is 19.8 Å². The van der Waals surface area contributed by atoms with Crippen LogP contribution in [-0.4, -0.2) is 39.9 Å². The van der Waals surface area contributed by atoms with Crippen LogP contribution in [0.4, 0.5) is 11.4 Å². The maximum absolute atomic E-state index is 11.4. The summed E-state index contributed by atoms with van der Waals surface area (Å²) in [5.74, 6) is 0.554. The molecule has 3 rings (SSSR count). The monoisotopic (exact) mass is 430 g/mol. The van der Waals surface area contributed by atoms with Crippen LogP contribution in [0.3, 0.4) is 0 Å². The van der Waals surface area contributed by atoms with Gasteiger partial charge < -0.3 is 4.74 Å². The zero-order chi connectivity index (χ0) is 21.8. The van der Waals surface area contributed by atoms with Gasteiger partial charge in [-0.1, -0.05) is 33.6 Å². The Hall–Kier alpha value is -2.24. The molecule has 0 unspecified atom stereocenters. The summed E-state index contributed by atoms with van der Waals surface area (Å²) in [6.07, 6.45) is 8.32. The molecule has 0 amide bonds. The van der Waals surface area contributed by atoms with E-state index in [0.29, 0.717) is 11.4 Å². The number of non-ortho nitro benzene ring substituents is 1. The molecule has 162 valence electrons. The Morgan fingerprint density at radius 1 is 1.10 bits per heavy atom. The van der Waals surface area contributed by atoms with E-state index in [1.165, 1.54) is 18.9 Å². The predicted octanol–water partition coefficient (Wildman–Crippen LogP) is 5.75. The van der Waals surface area contributed by atoms with E-state index in [1.54, 1.807) is 19.2 Å². The van der Waals surface area contributed by atoms with E-state index >= 15 is 0 Å². The Morgan fingerprint density at radius 3 is 2.27 bits per heavy atom. The molecule has 2 heterocycles. The van der Waals surface area contributed by atoms with E-state index in [9.17, 15) is 10.1 Å². The van der Waals surface area contributed by atoms with Gasteiger partial charge in [0.25, 0.3) is 5.69 Å². The van der Waals surface area contributed by atoms with Crippen LogP contribution in [0.1, 0.15) is 46.5 Å². The molecule has 0 saturated carbocycles. The van der Waals surface area contributed by atoms with Crippen molar-refractivity contribution in [3.05, 3.63) is 52.8 Å². The standard InChI is InChI=1S/C22H31N4O3P/c1-22(2,3)30(19-11-13-23-14-12-19,25-15-7-5-6-8-16-25)24-20-17-18(26(27)28)9-10-21(20)29-4/h9-14,17H,5-8,15-16H2,1-4H3/t30-/m1/s1. The smallest absolute Gasteiger partial charge is 0.271 e. The Morgan fingerprint density at radius 2 is 1.73 bits per heavy atom. The van der Waals surface area contributed by atoms with Crippen molar-refractivity contribution in [2.45, 2.75) is 51.6 Å². The summed E-state index contributed by atoms with van der Waals surface area (Å²) in [6.45, 7) is 8.60. The Bertz CT molecular complexity index is 933. The topological polar surface area (TPSA) is 80.9 Å². The number of rotatable bonds is 5. The Kier molecular flexibility index (Phi) is 6.94. The molecule has 1 saturated heterocycles. The second-order valence-corrected chi connectivity index (χ2v) is 12.4. The number of nitro benzene ring substituents is 1. The maximum atomic E-state index is 11.4. The lowest BCUT2D eigenvalue weighted by Gasteiger charge is -2.45. The minimum atomic E-state index is -2.33. The molecule has 1 atom stereocenters. The van der Waals surface area contributed by atoms with E-state index in [2.05, 4.69) is 42.6 Å². The first-order valence-electron chi connectivity index (χ1n) is 10.4. The van der Waals surface area contributed by atoms with Crippen molar-refractivity contribution in [2.75, 3.05) is 20.2 Å². The van der Waals surface area contributed by atoms with Gasteiger partial charge in [0, 0.05) is 48.1 Å². The molecule has 30 heavy (non-hydrogen) atoms. The van der Waals surface area contributed by atoms with Gasteiger partial charge in [0.05, 0.1) is 19.2 Å². The van der Waals surface area contributed by atoms with Crippen LogP contribution in [0.5, 0.6) is 5.75 Å². The highest BCUT2D eigenvalue weighted by Crippen LogP contribution is 2.65. The fraction of sp³-hybridized carbons (Fsp3) is 0.500. The molecule has 0 spiro atoms. The van der Waals surface area contributed by atoms with E-state index in [1.807, 2.05) is 12.4 Å². The number of methoxy groups -OCH3 is 1. The van der Waals surface area contributed by atoms with E-state index in [4.69, 9.17) is 9.48 Å². The summed E-state index contributed by atoms with van der Waals surface area (Å²) in [5.41, 5.74) is 0.558. The van der Waals surface area contributed by atoms with Crippen molar-refractivity contribution in [2.24, 2.45) is 4.74 Å². The summed E-state index contributed by atoms with van der Waals surface area (Å²) in [5, 5.41) is 12.4. The van der Waals surface area contributed by atoms with Gasteiger partial charge in [0.1, 0.15) is 11.4 Å². The molecule has 0 radical (unpaired) electrons. The molecular formula is C22H31N4O3P. The number of hydrogen-bond acceptors (Lipinski definition) is 5. The first-order valence-corrected chi connectivity index (χ1v) is 12.1. The molecule has 8 heteroatoms. The first-order chi connectivity index (χ1) is 14.3. The van der Waals surface area contributed by atoms with Crippen molar-refractivity contribution >= 4 is 23.9 Å². The summed E-state index contributed by atoms with van der Waals surface area (Å²) >= 11 is 0. The third kappa shape index (κ3) is 4.42. The van der Waals surface area contributed by atoms with Crippen molar-refractivity contribution in [1.82, 2.24) is 9.65 Å². The van der Waals surface area contributed by atoms with Gasteiger partial charge in [-0.05, 0) is 31.0 Å². The third-order valence-electron chi connectivity index (χ3n) is 5.58. The number of benzene rings is 1. The lowest BCUT2D eigenvalue weighted by Crippen LogP contribution is -2.37. The molecular weight excluding hydrogens is 399 g/mol.